The Hall–Kier alpha value is -2.08. The Balaban J connectivity index is 1.89. The Morgan fingerprint density at radius 1 is 1.47 bits per heavy atom. The van der Waals surface area contributed by atoms with E-state index in [-0.39, 0.29) is 18.2 Å². The standard InChI is InChI=1S/C12H11ClFN3O2/c13-10-5-9(14)2-1-8(10)7-19-12(18)6-17-4-3-11(15)16-17/h1-5H,6-7H2,(H2,15,16). The second kappa shape index (κ2) is 5.71. The molecule has 7 heteroatoms. The van der Waals surface area contributed by atoms with E-state index in [1.54, 1.807) is 12.3 Å². The van der Waals surface area contributed by atoms with Crippen molar-refractivity contribution < 1.29 is 13.9 Å². The summed E-state index contributed by atoms with van der Waals surface area (Å²) in [6.07, 6.45) is 1.57. The van der Waals surface area contributed by atoms with Crippen molar-refractivity contribution in [3.63, 3.8) is 0 Å². The summed E-state index contributed by atoms with van der Waals surface area (Å²) in [5.74, 6) is -0.593. The number of aromatic nitrogens is 2. The third-order valence-electron chi connectivity index (χ3n) is 2.36. The molecular formula is C12H11ClFN3O2. The fourth-order valence-corrected chi connectivity index (χ4v) is 1.66. The number of ether oxygens (including phenoxy) is 1. The Morgan fingerprint density at radius 2 is 2.26 bits per heavy atom. The zero-order valence-electron chi connectivity index (χ0n) is 9.85. The molecule has 0 aliphatic rings. The van der Waals surface area contributed by atoms with Gasteiger partial charge >= 0.3 is 5.97 Å². The van der Waals surface area contributed by atoms with Gasteiger partial charge in [0.25, 0.3) is 0 Å². The molecule has 0 aliphatic carbocycles. The quantitative estimate of drug-likeness (QED) is 0.871. The summed E-state index contributed by atoms with van der Waals surface area (Å²) < 4.78 is 19.2. The third kappa shape index (κ3) is 3.69. The average molecular weight is 284 g/mol. The van der Waals surface area contributed by atoms with Gasteiger partial charge in [0, 0.05) is 11.8 Å². The van der Waals surface area contributed by atoms with Crippen LogP contribution in [-0.2, 0) is 22.7 Å². The number of rotatable bonds is 4. The highest BCUT2D eigenvalue weighted by Gasteiger charge is 2.08. The van der Waals surface area contributed by atoms with Gasteiger partial charge in [-0.2, -0.15) is 5.10 Å². The smallest absolute Gasteiger partial charge is 0.328 e. The zero-order valence-corrected chi connectivity index (χ0v) is 10.6. The van der Waals surface area contributed by atoms with E-state index in [2.05, 4.69) is 5.10 Å². The van der Waals surface area contributed by atoms with Gasteiger partial charge in [0.2, 0.25) is 0 Å². The summed E-state index contributed by atoms with van der Waals surface area (Å²) in [6.45, 7) is -0.0648. The van der Waals surface area contributed by atoms with Gasteiger partial charge in [-0.05, 0) is 18.2 Å². The highest BCUT2D eigenvalue weighted by atomic mass is 35.5. The van der Waals surface area contributed by atoms with Gasteiger partial charge in [-0.1, -0.05) is 17.7 Å². The summed E-state index contributed by atoms with van der Waals surface area (Å²) in [6, 6.07) is 5.46. The van der Waals surface area contributed by atoms with Crippen LogP contribution < -0.4 is 5.73 Å². The maximum absolute atomic E-state index is 12.8. The van der Waals surface area contributed by atoms with E-state index in [0.29, 0.717) is 11.4 Å². The molecule has 100 valence electrons. The molecule has 0 bridgehead atoms. The van der Waals surface area contributed by atoms with E-state index in [0.717, 1.165) is 0 Å². The minimum absolute atomic E-state index is 0.0191. The number of nitrogens with two attached hydrogens (primary N) is 1. The van der Waals surface area contributed by atoms with Gasteiger partial charge in [0.1, 0.15) is 24.8 Å². The molecule has 0 spiro atoms. The van der Waals surface area contributed by atoms with E-state index in [4.69, 9.17) is 22.1 Å². The van der Waals surface area contributed by atoms with Crippen molar-refractivity contribution in [2.75, 3.05) is 5.73 Å². The molecule has 0 saturated carbocycles. The minimum Gasteiger partial charge on any atom is -0.459 e. The van der Waals surface area contributed by atoms with Crippen LogP contribution in [-0.4, -0.2) is 15.7 Å². The van der Waals surface area contributed by atoms with Crippen molar-refractivity contribution in [1.29, 1.82) is 0 Å². The summed E-state index contributed by atoms with van der Waals surface area (Å²) in [7, 11) is 0. The first-order valence-electron chi connectivity index (χ1n) is 5.43. The number of benzene rings is 1. The lowest BCUT2D eigenvalue weighted by molar-refractivity contribution is -0.145. The average Bonchev–Trinajstić information content (AvgIpc) is 2.73. The SMILES string of the molecule is Nc1ccn(CC(=O)OCc2ccc(F)cc2Cl)n1. The first-order valence-corrected chi connectivity index (χ1v) is 5.81. The molecule has 0 fully saturated rings. The van der Waals surface area contributed by atoms with Gasteiger partial charge in [0.05, 0.1) is 5.02 Å². The number of nitrogens with zero attached hydrogens (tertiary/aromatic N) is 2. The number of carbonyl (C=O) groups excluding carboxylic acids is 1. The van der Waals surface area contributed by atoms with Crippen LogP contribution in [0.1, 0.15) is 5.56 Å². The number of halogens is 2. The molecule has 0 unspecified atom stereocenters. The van der Waals surface area contributed by atoms with E-state index < -0.39 is 11.8 Å². The maximum Gasteiger partial charge on any atom is 0.328 e. The number of esters is 1. The molecule has 1 aromatic heterocycles. The fourth-order valence-electron chi connectivity index (χ4n) is 1.44. The zero-order chi connectivity index (χ0) is 13.8. The predicted octanol–water partition coefficient (Wildman–Crippen LogP) is 2.00. The van der Waals surface area contributed by atoms with Crippen LogP contribution >= 0.6 is 11.6 Å². The summed E-state index contributed by atoms with van der Waals surface area (Å²) in [5.41, 5.74) is 5.95. The lowest BCUT2D eigenvalue weighted by Gasteiger charge is -2.06. The van der Waals surface area contributed by atoms with Crippen molar-refractivity contribution in [3.8, 4) is 0 Å². The van der Waals surface area contributed by atoms with Gasteiger partial charge < -0.3 is 10.5 Å². The molecule has 0 atom stereocenters. The van der Waals surface area contributed by atoms with Crippen molar-refractivity contribution in [2.24, 2.45) is 0 Å². The molecule has 2 N–H and O–H groups in total. The molecule has 5 nitrogen and oxygen atoms in total. The maximum atomic E-state index is 12.8. The van der Waals surface area contributed by atoms with Gasteiger partial charge in [-0.15, -0.1) is 0 Å². The Kier molecular flexibility index (Phi) is 4.01. The second-order valence-electron chi connectivity index (χ2n) is 3.83. The lowest BCUT2D eigenvalue weighted by Crippen LogP contribution is -2.14. The highest BCUT2D eigenvalue weighted by molar-refractivity contribution is 6.31. The highest BCUT2D eigenvalue weighted by Crippen LogP contribution is 2.18. The summed E-state index contributed by atoms with van der Waals surface area (Å²) in [5, 5.41) is 4.07. The second-order valence-corrected chi connectivity index (χ2v) is 4.24. The van der Waals surface area contributed by atoms with Gasteiger partial charge in [0.15, 0.2) is 0 Å². The molecule has 0 amide bonds. The van der Waals surface area contributed by atoms with Crippen LogP contribution in [0.2, 0.25) is 5.02 Å². The normalized spacial score (nSPS) is 10.4. The summed E-state index contributed by atoms with van der Waals surface area (Å²) in [4.78, 5) is 11.5. The third-order valence-corrected chi connectivity index (χ3v) is 2.71. The van der Waals surface area contributed by atoms with Crippen molar-refractivity contribution in [2.45, 2.75) is 13.2 Å². The van der Waals surface area contributed by atoms with Crippen LogP contribution in [0.3, 0.4) is 0 Å². The van der Waals surface area contributed by atoms with Gasteiger partial charge in [-0.25, -0.2) is 4.39 Å². The largest absolute Gasteiger partial charge is 0.459 e. The molecule has 0 aliphatic heterocycles. The van der Waals surface area contributed by atoms with E-state index in [1.807, 2.05) is 0 Å². The van der Waals surface area contributed by atoms with Gasteiger partial charge in [-0.3, -0.25) is 9.48 Å². The molecule has 1 aromatic carbocycles. The molecule has 2 rings (SSSR count). The van der Waals surface area contributed by atoms with Crippen molar-refractivity contribution in [3.05, 3.63) is 46.9 Å². The molecule has 2 aromatic rings. The number of hydrogen-bond acceptors (Lipinski definition) is 4. The Morgan fingerprint density at radius 3 is 2.89 bits per heavy atom. The van der Waals surface area contributed by atoms with Crippen LogP contribution in [0, 0.1) is 5.82 Å². The number of anilines is 1. The van der Waals surface area contributed by atoms with Crippen molar-refractivity contribution >= 4 is 23.4 Å². The van der Waals surface area contributed by atoms with Crippen LogP contribution in [0.4, 0.5) is 10.2 Å². The van der Waals surface area contributed by atoms with Crippen LogP contribution in [0.5, 0.6) is 0 Å². The van der Waals surface area contributed by atoms with E-state index in [9.17, 15) is 9.18 Å². The Labute approximate surface area is 113 Å². The molecule has 0 radical (unpaired) electrons. The van der Waals surface area contributed by atoms with Crippen LogP contribution in [0.15, 0.2) is 30.5 Å². The van der Waals surface area contributed by atoms with Crippen molar-refractivity contribution in [1.82, 2.24) is 9.78 Å². The molecular weight excluding hydrogens is 273 g/mol. The van der Waals surface area contributed by atoms with Crippen LogP contribution in [0.25, 0.3) is 0 Å². The predicted molar refractivity (Wildman–Crippen MR) is 67.8 cm³/mol. The van der Waals surface area contributed by atoms with E-state index in [1.165, 1.54) is 22.9 Å². The topological polar surface area (TPSA) is 70.1 Å². The number of nitrogen functional groups attached to an aromatic ring is 1. The first-order chi connectivity index (χ1) is 9.04. The fraction of sp³-hybridized carbons (Fsp3) is 0.167. The van der Waals surface area contributed by atoms with E-state index >= 15 is 0 Å². The molecule has 19 heavy (non-hydrogen) atoms. The first kappa shape index (κ1) is 13.4. The molecule has 0 saturated heterocycles. The summed E-state index contributed by atoms with van der Waals surface area (Å²) >= 11 is 5.81. The number of hydrogen-bond donors (Lipinski definition) is 1. The molecule has 1 heterocycles. The minimum atomic E-state index is -0.483. The lowest BCUT2D eigenvalue weighted by atomic mass is 10.2. The number of carbonyl (C=O) groups is 1. The monoisotopic (exact) mass is 283 g/mol. The Bertz CT molecular complexity index is 600.